The lowest BCUT2D eigenvalue weighted by molar-refractivity contribution is -0.122. The maximum absolute atomic E-state index is 12.3. The summed E-state index contributed by atoms with van der Waals surface area (Å²) in [6, 6.07) is 15.3. The van der Waals surface area contributed by atoms with Gasteiger partial charge in [0.2, 0.25) is 5.82 Å². The molecular weight excluding hydrogens is 370 g/mol. The number of aromatic nitrogens is 4. The van der Waals surface area contributed by atoms with Gasteiger partial charge in [-0.25, -0.2) is 5.43 Å². The highest BCUT2D eigenvalue weighted by Gasteiger charge is 2.10. The standard InChI is InChI=1S/C18H16F2N6O2/c1-12(14-8-5-9-15(10-14)28-18(19)20)21-22-16(27)11-26-24-17(23-25-26)13-6-3-2-4-7-13/h2-10,18H,11H2,1H3,(H,22,27)/b21-12-. The summed E-state index contributed by atoms with van der Waals surface area (Å²) in [4.78, 5) is 13.2. The third-order valence-corrected chi connectivity index (χ3v) is 3.60. The van der Waals surface area contributed by atoms with Gasteiger partial charge in [-0.15, -0.1) is 10.2 Å². The van der Waals surface area contributed by atoms with E-state index in [0.717, 1.165) is 10.4 Å². The topological polar surface area (TPSA) is 94.3 Å². The molecule has 28 heavy (non-hydrogen) atoms. The van der Waals surface area contributed by atoms with Gasteiger partial charge in [-0.1, -0.05) is 42.5 Å². The van der Waals surface area contributed by atoms with Crippen molar-refractivity contribution in [3.8, 4) is 17.1 Å². The number of alkyl halides is 2. The van der Waals surface area contributed by atoms with Crippen LogP contribution in [-0.2, 0) is 11.3 Å². The average Bonchev–Trinajstić information content (AvgIpc) is 3.15. The lowest BCUT2D eigenvalue weighted by atomic mass is 10.1. The number of hydrogen-bond acceptors (Lipinski definition) is 6. The lowest BCUT2D eigenvalue weighted by Gasteiger charge is -2.07. The van der Waals surface area contributed by atoms with E-state index in [0.29, 0.717) is 17.1 Å². The highest BCUT2D eigenvalue weighted by Crippen LogP contribution is 2.16. The summed E-state index contributed by atoms with van der Waals surface area (Å²) in [6.45, 7) is -1.46. The highest BCUT2D eigenvalue weighted by molar-refractivity contribution is 5.99. The van der Waals surface area contributed by atoms with Crippen molar-refractivity contribution in [2.75, 3.05) is 0 Å². The SMILES string of the molecule is C/C(=N/NC(=O)Cn1nnc(-c2ccccc2)n1)c1cccc(OC(F)F)c1. The van der Waals surface area contributed by atoms with Crippen LogP contribution in [0, 0.1) is 0 Å². The third-order valence-electron chi connectivity index (χ3n) is 3.60. The normalized spacial score (nSPS) is 11.5. The number of nitrogens with zero attached hydrogens (tertiary/aromatic N) is 5. The van der Waals surface area contributed by atoms with Crippen molar-refractivity contribution in [3.05, 3.63) is 60.2 Å². The zero-order valence-corrected chi connectivity index (χ0v) is 14.8. The molecule has 0 radical (unpaired) electrons. The second-order valence-electron chi connectivity index (χ2n) is 5.65. The second-order valence-corrected chi connectivity index (χ2v) is 5.65. The van der Waals surface area contributed by atoms with E-state index in [9.17, 15) is 13.6 Å². The predicted octanol–water partition coefficient (Wildman–Crippen LogP) is 2.48. The minimum absolute atomic E-state index is 0.00799. The number of carbonyl (C=O) groups is 1. The molecule has 3 rings (SSSR count). The second kappa shape index (κ2) is 8.80. The number of amides is 1. The molecule has 0 atom stereocenters. The first kappa shape index (κ1) is 19.1. The van der Waals surface area contributed by atoms with Crippen molar-refractivity contribution >= 4 is 11.6 Å². The molecule has 1 N–H and O–H groups in total. The first-order chi connectivity index (χ1) is 13.5. The minimum Gasteiger partial charge on any atom is -0.435 e. The molecule has 0 aliphatic rings. The quantitative estimate of drug-likeness (QED) is 0.497. The van der Waals surface area contributed by atoms with Crippen LogP contribution in [0.3, 0.4) is 0 Å². The summed E-state index contributed by atoms with van der Waals surface area (Å²) < 4.78 is 28.9. The summed E-state index contributed by atoms with van der Waals surface area (Å²) in [5.41, 5.74) is 4.11. The van der Waals surface area contributed by atoms with Crippen LogP contribution in [-0.4, -0.2) is 38.4 Å². The van der Waals surface area contributed by atoms with E-state index in [1.165, 1.54) is 12.1 Å². The number of hydrazone groups is 1. The molecule has 144 valence electrons. The number of hydrogen-bond donors (Lipinski definition) is 1. The summed E-state index contributed by atoms with van der Waals surface area (Å²) >= 11 is 0. The molecule has 1 amide bonds. The third kappa shape index (κ3) is 5.16. The van der Waals surface area contributed by atoms with E-state index in [1.54, 1.807) is 19.1 Å². The molecule has 1 aromatic heterocycles. The molecule has 3 aromatic rings. The van der Waals surface area contributed by atoms with Crippen LogP contribution in [0.25, 0.3) is 11.4 Å². The minimum atomic E-state index is -2.91. The smallest absolute Gasteiger partial charge is 0.387 e. The summed E-state index contributed by atoms with van der Waals surface area (Å²) in [5, 5.41) is 15.8. The molecule has 2 aromatic carbocycles. The Morgan fingerprint density at radius 1 is 1.21 bits per heavy atom. The Morgan fingerprint density at radius 3 is 2.75 bits per heavy atom. The van der Waals surface area contributed by atoms with Gasteiger partial charge in [0, 0.05) is 11.1 Å². The van der Waals surface area contributed by atoms with Gasteiger partial charge in [-0.3, -0.25) is 4.79 Å². The molecule has 0 aliphatic heterocycles. The predicted molar refractivity (Wildman–Crippen MR) is 96.7 cm³/mol. The fourth-order valence-corrected chi connectivity index (χ4v) is 2.28. The van der Waals surface area contributed by atoms with E-state index in [-0.39, 0.29) is 12.3 Å². The first-order valence-electron chi connectivity index (χ1n) is 8.23. The van der Waals surface area contributed by atoms with Crippen molar-refractivity contribution in [2.24, 2.45) is 5.10 Å². The van der Waals surface area contributed by atoms with Gasteiger partial charge in [0.25, 0.3) is 5.91 Å². The zero-order valence-electron chi connectivity index (χ0n) is 14.8. The average molecular weight is 386 g/mol. The Kier molecular flexibility index (Phi) is 6.00. The number of rotatable bonds is 7. The summed E-state index contributed by atoms with van der Waals surface area (Å²) in [5.74, 6) is -0.0473. The lowest BCUT2D eigenvalue weighted by Crippen LogP contribution is -2.25. The fourth-order valence-electron chi connectivity index (χ4n) is 2.28. The van der Waals surface area contributed by atoms with Gasteiger partial charge >= 0.3 is 6.61 Å². The molecule has 0 aliphatic carbocycles. The molecular formula is C18H16F2N6O2. The van der Waals surface area contributed by atoms with Gasteiger partial charge < -0.3 is 4.74 Å². The Hall–Kier alpha value is -3.69. The highest BCUT2D eigenvalue weighted by atomic mass is 19.3. The molecule has 0 fully saturated rings. The molecule has 0 bridgehead atoms. The maximum Gasteiger partial charge on any atom is 0.387 e. The van der Waals surface area contributed by atoms with E-state index in [2.05, 4.69) is 30.7 Å². The van der Waals surface area contributed by atoms with Crippen LogP contribution < -0.4 is 10.2 Å². The maximum atomic E-state index is 12.3. The molecule has 10 heteroatoms. The van der Waals surface area contributed by atoms with Crippen molar-refractivity contribution < 1.29 is 18.3 Å². The van der Waals surface area contributed by atoms with E-state index in [4.69, 9.17) is 0 Å². The molecule has 0 saturated carbocycles. The van der Waals surface area contributed by atoms with Crippen molar-refractivity contribution in [1.29, 1.82) is 0 Å². The van der Waals surface area contributed by atoms with Crippen molar-refractivity contribution in [1.82, 2.24) is 25.6 Å². The van der Waals surface area contributed by atoms with Crippen LogP contribution >= 0.6 is 0 Å². The Morgan fingerprint density at radius 2 is 2.00 bits per heavy atom. The van der Waals surface area contributed by atoms with E-state index >= 15 is 0 Å². The van der Waals surface area contributed by atoms with Crippen LogP contribution in [0.2, 0.25) is 0 Å². The van der Waals surface area contributed by atoms with Gasteiger partial charge in [-0.2, -0.15) is 18.7 Å². The zero-order chi connectivity index (χ0) is 19.9. The van der Waals surface area contributed by atoms with Crippen molar-refractivity contribution in [3.63, 3.8) is 0 Å². The molecule has 0 unspecified atom stereocenters. The number of nitrogens with one attached hydrogen (secondary N) is 1. The number of tetrazole rings is 1. The first-order valence-corrected chi connectivity index (χ1v) is 8.23. The molecule has 0 spiro atoms. The van der Waals surface area contributed by atoms with Gasteiger partial charge in [0.1, 0.15) is 12.3 Å². The molecule has 1 heterocycles. The van der Waals surface area contributed by atoms with Crippen LogP contribution in [0.5, 0.6) is 5.75 Å². The summed E-state index contributed by atoms with van der Waals surface area (Å²) in [6.07, 6.45) is 0. The largest absolute Gasteiger partial charge is 0.435 e. The number of benzene rings is 2. The molecule has 8 nitrogen and oxygen atoms in total. The Balaban J connectivity index is 1.60. The monoisotopic (exact) mass is 386 g/mol. The van der Waals surface area contributed by atoms with Gasteiger partial charge in [0.15, 0.2) is 0 Å². The Labute approximate surface area is 158 Å². The number of carbonyl (C=O) groups excluding carboxylic acids is 1. The van der Waals surface area contributed by atoms with Gasteiger partial charge in [0.05, 0.1) is 5.71 Å². The van der Waals surface area contributed by atoms with Crippen LogP contribution in [0.4, 0.5) is 8.78 Å². The van der Waals surface area contributed by atoms with Gasteiger partial charge in [-0.05, 0) is 24.3 Å². The van der Waals surface area contributed by atoms with Crippen LogP contribution in [0.15, 0.2) is 59.7 Å². The Bertz CT molecular complexity index is 975. The summed E-state index contributed by atoms with van der Waals surface area (Å²) in [7, 11) is 0. The van der Waals surface area contributed by atoms with Crippen LogP contribution in [0.1, 0.15) is 12.5 Å². The van der Waals surface area contributed by atoms with E-state index < -0.39 is 12.5 Å². The van der Waals surface area contributed by atoms with E-state index in [1.807, 2.05) is 30.3 Å². The molecule has 0 saturated heterocycles. The number of ether oxygens (including phenoxy) is 1. The van der Waals surface area contributed by atoms with Crippen molar-refractivity contribution in [2.45, 2.75) is 20.1 Å². The fraction of sp³-hybridized carbons (Fsp3) is 0.167. The number of halogens is 2.